The summed E-state index contributed by atoms with van der Waals surface area (Å²) in [4.78, 5) is 30.6. The number of anilines is 1. The number of fused-ring (bicyclic) bond motifs is 1. The van der Waals surface area contributed by atoms with Gasteiger partial charge in [-0.25, -0.2) is 9.37 Å². The average Bonchev–Trinajstić information content (AvgIpc) is 2.97. The van der Waals surface area contributed by atoms with Gasteiger partial charge in [-0.3, -0.25) is 14.9 Å². The summed E-state index contributed by atoms with van der Waals surface area (Å²) in [6.07, 6.45) is 3.46. The van der Waals surface area contributed by atoms with Crippen LogP contribution in [-0.4, -0.2) is 20.8 Å². The van der Waals surface area contributed by atoms with E-state index in [1.54, 1.807) is 18.2 Å². The van der Waals surface area contributed by atoms with Gasteiger partial charge in [0, 0.05) is 23.2 Å². The summed E-state index contributed by atoms with van der Waals surface area (Å²) in [5.74, 6) is 0.0149. The number of carbonyl (C=O) groups is 1. The van der Waals surface area contributed by atoms with Crippen LogP contribution in [0.2, 0.25) is 0 Å². The first-order valence-corrected chi connectivity index (χ1v) is 8.68. The Morgan fingerprint density at radius 1 is 1.33 bits per heavy atom. The first-order valence-electron chi connectivity index (χ1n) is 8.68. The van der Waals surface area contributed by atoms with Gasteiger partial charge in [-0.15, -0.1) is 0 Å². The maximum atomic E-state index is 13.9. The Balaban J connectivity index is 1.60. The number of imidazole rings is 1. The van der Waals surface area contributed by atoms with E-state index in [1.807, 2.05) is 0 Å². The molecule has 1 aliphatic carbocycles. The Bertz CT molecular complexity index is 1070. The van der Waals surface area contributed by atoms with E-state index in [2.05, 4.69) is 15.3 Å². The van der Waals surface area contributed by atoms with Crippen molar-refractivity contribution in [3.63, 3.8) is 0 Å². The summed E-state index contributed by atoms with van der Waals surface area (Å²) >= 11 is 0. The fourth-order valence-electron chi connectivity index (χ4n) is 3.17. The van der Waals surface area contributed by atoms with Gasteiger partial charge in [0.1, 0.15) is 11.6 Å². The zero-order valence-electron chi connectivity index (χ0n) is 14.6. The second-order valence-corrected chi connectivity index (χ2v) is 6.80. The maximum absolute atomic E-state index is 13.9. The van der Waals surface area contributed by atoms with Crippen LogP contribution in [0.4, 0.5) is 15.8 Å². The minimum Gasteiger partial charge on any atom is -0.342 e. The molecule has 0 unspecified atom stereocenters. The van der Waals surface area contributed by atoms with Gasteiger partial charge >= 0.3 is 0 Å². The second kappa shape index (κ2) is 6.46. The number of nitro benzene ring substituents is 1. The molecule has 0 aliphatic heterocycles. The van der Waals surface area contributed by atoms with Crippen molar-refractivity contribution < 1.29 is 14.1 Å². The van der Waals surface area contributed by atoms with Crippen LogP contribution in [0.25, 0.3) is 11.0 Å². The van der Waals surface area contributed by atoms with E-state index in [0.29, 0.717) is 11.6 Å². The third-order valence-corrected chi connectivity index (χ3v) is 5.03. The first-order chi connectivity index (χ1) is 12.9. The van der Waals surface area contributed by atoms with E-state index in [9.17, 15) is 19.3 Å². The van der Waals surface area contributed by atoms with E-state index in [4.69, 9.17) is 0 Å². The Morgan fingerprint density at radius 2 is 2.11 bits per heavy atom. The zero-order valence-corrected chi connectivity index (χ0v) is 14.6. The molecule has 0 atom stereocenters. The molecule has 4 rings (SSSR count). The Kier molecular flexibility index (Phi) is 4.10. The lowest BCUT2D eigenvalue weighted by Crippen LogP contribution is -2.13. The van der Waals surface area contributed by atoms with Crippen LogP contribution in [0.1, 0.15) is 46.9 Å². The van der Waals surface area contributed by atoms with Gasteiger partial charge in [0.05, 0.1) is 21.5 Å². The molecule has 3 aromatic rings. The minimum atomic E-state index is -0.788. The zero-order chi connectivity index (χ0) is 19.1. The van der Waals surface area contributed by atoms with Crippen molar-refractivity contribution in [2.75, 3.05) is 5.32 Å². The van der Waals surface area contributed by atoms with Gasteiger partial charge in [-0.05, 0) is 44.0 Å². The molecule has 138 valence electrons. The number of nitro groups is 1. The Morgan fingerprint density at radius 3 is 2.78 bits per heavy atom. The predicted octanol–water partition coefficient (Wildman–Crippen LogP) is 4.44. The van der Waals surface area contributed by atoms with Crippen molar-refractivity contribution in [2.45, 2.75) is 32.1 Å². The van der Waals surface area contributed by atoms with Gasteiger partial charge in [-0.2, -0.15) is 0 Å². The third-order valence-electron chi connectivity index (χ3n) is 5.03. The van der Waals surface area contributed by atoms with Gasteiger partial charge in [0.2, 0.25) is 0 Å². The molecule has 0 spiro atoms. The van der Waals surface area contributed by atoms with Crippen molar-refractivity contribution in [1.82, 2.24) is 9.97 Å². The summed E-state index contributed by atoms with van der Waals surface area (Å²) in [5.41, 5.74) is 1.49. The van der Waals surface area contributed by atoms with Gasteiger partial charge in [0.15, 0.2) is 0 Å². The highest BCUT2D eigenvalue weighted by molar-refractivity contribution is 6.05. The van der Waals surface area contributed by atoms with Crippen LogP contribution >= 0.6 is 0 Å². The molecule has 2 N–H and O–H groups in total. The van der Waals surface area contributed by atoms with E-state index < -0.39 is 22.3 Å². The van der Waals surface area contributed by atoms with Crippen LogP contribution in [-0.2, 0) is 0 Å². The predicted molar refractivity (Wildman–Crippen MR) is 98.4 cm³/mol. The van der Waals surface area contributed by atoms with Crippen LogP contribution in [0.15, 0.2) is 30.3 Å². The van der Waals surface area contributed by atoms with Crippen LogP contribution in [0.5, 0.6) is 0 Å². The molecule has 8 heteroatoms. The maximum Gasteiger partial charge on any atom is 0.276 e. The normalized spacial score (nSPS) is 14.1. The van der Waals surface area contributed by atoms with E-state index >= 15 is 0 Å². The molecule has 1 saturated carbocycles. The lowest BCUT2D eigenvalue weighted by Gasteiger charge is -2.22. The van der Waals surface area contributed by atoms with Crippen LogP contribution < -0.4 is 5.32 Å². The lowest BCUT2D eigenvalue weighted by atomic mass is 9.85. The number of amides is 1. The second-order valence-electron chi connectivity index (χ2n) is 6.80. The van der Waals surface area contributed by atoms with Crippen molar-refractivity contribution in [3.05, 3.63) is 63.2 Å². The molecule has 7 nitrogen and oxygen atoms in total. The van der Waals surface area contributed by atoms with Crippen LogP contribution in [0.3, 0.4) is 0 Å². The van der Waals surface area contributed by atoms with Crippen molar-refractivity contribution >= 4 is 28.3 Å². The highest BCUT2D eigenvalue weighted by Crippen LogP contribution is 2.35. The summed E-state index contributed by atoms with van der Waals surface area (Å²) < 4.78 is 13.9. The molecule has 1 fully saturated rings. The smallest absolute Gasteiger partial charge is 0.276 e. The fourth-order valence-corrected chi connectivity index (χ4v) is 3.17. The number of carbonyl (C=O) groups excluding carboxylic acids is 1. The van der Waals surface area contributed by atoms with E-state index in [0.717, 1.165) is 41.8 Å². The van der Waals surface area contributed by atoms with Crippen molar-refractivity contribution in [2.24, 2.45) is 0 Å². The molecule has 1 heterocycles. The summed E-state index contributed by atoms with van der Waals surface area (Å²) in [6.45, 7) is 1.31. The molecular weight excluding hydrogens is 351 g/mol. The summed E-state index contributed by atoms with van der Waals surface area (Å²) in [6, 6.07) is 7.33. The molecule has 0 radical (unpaired) electrons. The summed E-state index contributed by atoms with van der Waals surface area (Å²) in [7, 11) is 0. The topological polar surface area (TPSA) is 101 Å². The Hall–Kier alpha value is -3.29. The number of H-pyrrole nitrogens is 1. The quantitative estimate of drug-likeness (QED) is 0.525. The number of benzene rings is 2. The average molecular weight is 368 g/mol. The SMILES string of the molecule is Cc1c(F)cc(C(=O)Nc2ccc3nc(C4CCC4)[nH]c3c2)cc1[N+](=O)[O-]. The monoisotopic (exact) mass is 368 g/mol. The molecule has 0 bridgehead atoms. The molecule has 1 aliphatic rings. The number of hydrogen-bond donors (Lipinski definition) is 2. The van der Waals surface area contributed by atoms with E-state index in [1.165, 1.54) is 13.3 Å². The number of aromatic nitrogens is 2. The largest absolute Gasteiger partial charge is 0.342 e. The van der Waals surface area contributed by atoms with Gasteiger partial charge < -0.3 is 10.3 Å². The third kappa shape index (κ3) is 3.14. The van der Waals surface area contributed by atoms with Gasteiger partial charge in [0.25, 0.3) is 11.6 Å². The number of aromatic amines is 1. The first kappa shape index (κ1) is 17.1. The Labute approximate surface area is 153 Å². The number of halogens is 1. The van der Waals surface area contributed by atoms with Crippen molar-refractivity contribution in [1.29, 1.82) is 0 Å². The number of nitrogens with zero attached hydrogens (tertiary/aromatic N) is 2. The molecule has 1 aromatic heterocycles. The number of rotatable bonds is 4. The van der Waals surface area contributed by atoms with Gasteiger partial charge in [-0.1, -0.05) is 6.42 Å². The molecule has 0 saturated heterocycles. The number of hydrogen-bond acceptors (Lipinski definition) is 4. The number of nitrogens with one attached hydrogen (secondary N) is 2. The lowest BCUT2D eigenvalue weighted by molar-refractivity contribution is -0.385. The molecular formula is C19H17FN4O3. The van der Waals surface area contributed by atoms with Crippen LogP contribution in [0, 0.1) is 22.9 Å². The van der Waals surface area contributed by atoms with Crippen molar-refractivity contribution in [3.8, 4) is 0 Å². The molecule has 27 heavy (non-hydrogen) atoms. The molecule has 1 amide bonds. The van der Waals surface area contributed by atoms with E-state index in [-0.39, 0.29) is 11.1 Å². The highest BCUT2D eigenvalue weighted by atomic mass is 19.1. The standard InChI is InChI=1S/C19H17FN4O3/c1-10-14(20)7-12(8-17(10)24(26)27)19(25)21-13-5-6-15-16(9-13)23-18(22-15)11-3-2-4-11/h5-9,11H,2-4H2,1H3,(H,21,25)(H,22,23). The molecule has 2 aromatic carbocycles. The minimum absolute atomic E-state index is 0.0982. The fraction of sp³-hybridized carbons (Fsp3) is 0.263. The highest BCUT2D eigenvalue weighted by Gasteiger charge is 2.23. The summed E-state index contributed by atoms with van der Waals surface area (Å²) in [5, 5.41) is 13.7.